The highest BCUT2D eigenvalue weighted by Crippen LogP contribution is 2.31. The normalized spacial score (nSPS) is 12.0. The maximum Gasteiger partial charge on any atom is 0.117 e. The third kappa shape index (κ3) is 3.09. The number of hydrogen-bond donors (Lipinski definition) is 0. The lowest BCUT2D eigenvalue weighted by Crippen LogP contribution is -2.01. The molecule has 0 saturated heterocycles. The molecule has 1 unspecified atom stereocenters. The maximum atomic E-state index is 4.84. The van der Waals surface area contributed by atoms with Gasteiger partial charge in [-0.2, -0.15) is 9.90 Å². The first kappa shape index (κ1) is 15.3. The van der Waals surface area contributed by atoms with E-state index in [-0.39, 0.29) is 5.92 Å². The molecule has 0 aliphatic carbocycles. The van der Waals surface area contributed by atoms with E-state index in [1.807, 2.05) is 54.6 Å². The van der Waals surface area contributed by atoms with Gasteiger partial charge in [-0.15, -0.1) is 5.10 Å². The molecule has 4 aromatic rings. The third-order valence-corrected chi connectivity index (χ3v) is 4.38. The molecule has 0 fully saturated rings. The van der Waals surface area contributed by atoms with Crippen LogP contribution in [0.15, 0.2) is 91.0 Å². The zero-order chi connectivity index (χ0) is 17.1. The Morgan fingerprint density at radius 3 is 1.88 bits per heavy atom. The molecule has 0 spiro atoms. The summed E-state index contributed by atoms with van der Waals surface area (Å²) < 4.78 is 0. The number of hydrogen-bond acceptors (Lipinski definition) is 2. The van der Waals surface area contributed by atoms with Gasteiger partial charge in [-0.25, -0.2) is 0 Å². The molecule has 3 aromatic carbocycles. The van der Waals surface area contributed by atoms with Crippen LogP contribution in [0.4, 0.5) is 0 Å². The van der Waals surface area contributed by atoms with E-state index < -0.39 is 0 Å². The second kappa shape index (κ2) is 6.73. The van der Waals surface area contributed by atoms with Crippen molar-refractivity contribution in [3.8, 4) is 16.9 Å². The van der Waals surface area contributed by atoms with E-state index >= 15 is 0 Å². The molecule has 3 nitrogen and oxygen atoms in total. The van der Waals surface area contributed by atoms with Crippen molar-refractivity contribution < 1.29 is 0 Å². The van der Waals surface area contributed by atoms with Gasteiger partial charge in [0.05, 0.1) is 11.4 Å². The van der Waals surface area contributed by atoms with Gasteiger partial charge in [0, 0.05) is 11.5 Å². The molecule has 122 valence electrons. The zero-order valence-corrected chi connectivity index (χ0v) is 14.1. The SMILES string of the molecule is CC(c1ccccc1)c1nn(-c2ccccc2)nc1-c1ccccc1. The molecule has 0 saturated carbocycles. The lowest BCUT2D eigenvalue weighted by atomic mass is 9.94. The predicted octanol–water partition coefficient (Wildman–Crippen LogP) is 5.09. The molecule has 4 rings (SSSR count). The summed E-state index contributed by atoms with van der Waals surface area (Å²) in [6.07, 6.45) is 0. The first-order chi connectivity index (χ1) is 12.3. The minimum absolute atomic E-state index is 0.161. The quantitative estimate of drug-likeness (QED) is 0.523. The van der Waals surface area contributed by atoms with Crippen molar-refractivity contribution in [1.29, 1.82) is 0 Å². The van der Waals surface area contributed by atoms with Gasteiger partial charge in [-0.05, 0) is 17.7 Å². The van der Waals surface area contributed by atoms with E-state index in [1.165, 1.54) is 5.56 Å². The summed E-state index contributed by atoms with van der Waals surface area (Å²) in [5, 5.41) is 9.64. The minimum atomic E-state index is 0.161. The van der Waals surface area contributed by atoms with Gasteiger partial charge in [0.1, 0.15) is 5.69 Å². The lowest BCUT2D eigenvalue weighted by molar-refractivity contribution is 0.727. The van der Waals surface area contributed by atoms with Gasteiger partial charge < -0.3 is 0 Å². The predicted molar refractivity (Wildman–Crippen MR) is 101 cm³/mol. The Morgan fingerprint density at radius 1 is 0.680 bits per heavy atom. The first-order valence-corrected chi connectivity index (χ1v) is 8.46. The van der Waals surface area contributed by atoms with E-state index in [1.54, 1.807) is 4.80 Å². The summed E-state index contributed by atoms with van der Waals surface area (Å²) >= 11 is 0. The number of para-hydroxylation sites is 1. The van der Waals surface area contributed by atoms with Gasteiger partial charge in [0.15, 0.2) is 0 Å². The van der Waals surface area contributed by atoms with Crippen LogP contribution in [-0.4, -0.2) is 15.0 Å². The highest BCUT2D eigenvalue weighted by atomic mass is 15.5. The monoisotopic (exact) mass is 325 g/mol. The second-order valence-corrected chi connectivity index (χ2v) is 6.06. The number of aromatic nitrogens is 3. The first-order valence-electron chi connectivity index (χ1n) is 8.46. The van der Waals surface area contributed by atoms with E-state index in [9.17, 15) is 0 Å². The van der Waals surface area contributed by atoms with Crippen LogP contribution in [-0.2, 0) is 0 Å². The summed E-state index contributed by atoms with van der Waals surface area (Å²) in [6, 6.07) is 30.7. The average Bonchev–Trinajstić information content (AvgIpc) is 3.15. The van der Waals surface area contributed by atoms with Gasteiger partial charge in [0.2, 0.25) is 0 Å². The van der Waals surface area contributed by atoms with Gasteiger partial charge in [-0.3, -0.25) is 0 Å². The summed E-state index contributed by atoms with van der Waals surface area (Å²) in [4.78, 5) is 1.73. The Bertz CT molecular complexity index is 945. The molecule has 0 aliphatic rings. The maximum absolute atomic E-state index is 4.84. The molecule has 1 aromatic heterocycles. The Labute approximate surface area is 147 Å². The Hall–Kier alpha value is -3.20. The summed E-state index contributed by atoms with van der Waals surface area (Å²) in [5.74, 6) is 0.161. The van der Waals surface area contributed by atoms with Crippen LogP contribution in [0.1, 0.15) is 24.1 Å². The highest BCUT2D eigenvalue weighted by molar-refractivity contribution is 5.63. The number of nitrogens with zero attached hydrogens (tertiary/aromatic N) is 3. The van der Waals surface area contributed by atoms with Crippen LogP contribution in [0.25, 0.3) is 16.9 Å². The van der Waals surface area contributed by atoms with Gasteiger partial charge in [0.25, 0.3) is 0 Å². The van der Waals surface area contributed by atoms with Gasteiger partial charge >= 0.3 is 0 Å². The molecule has 0 amide bonds. The topological polar surface area (TPSA) is 30.7 Å². The van der Waals surface area contributed by atoms with Crippen LogP contribution in [0.2, 0.25) is 0 Å². The fourth-order valence-electron chi connectivity index (χ4n) is 2.99. The largest absolute Gasteiger partial charge is 0.152 e. The van der Waals surface area contributed by atoms with Crippen molar-refractivity contribution >= 4 is 0 Å². The second-order valence-electron chi connectivity index (χ2n) is 6.06. The molecule has 0 bridgehead atoms. The standard InChI is InChI=1S/C22H19N3/c1-17(18-11-5-2-6-12-18)21-22(19-13-7-3-8-14-19)24-25(23-21)20-15-9-4-10-16-20/h2-17H,1H3. The summed E-state index contributed by atoms with van der Waals surface area (Å²) in [5.41, 5.74) is 5.20. The Kier molecular flexibility index (Phi) is 4.13. The average molecular weight is 325 g/mol. The smallest absolute Gasteiger partial charge is 0.117 e. The molecule has 0 aliphatic heterocycles. The zero-order valence-electron chi connectivity index (χ0n) is 14.1. The fraction of sp³-hybridized carbons (Fsp3) is 0.0909. The molecule has 0 radical (unpaired) electrons. The highest BCUT2D eigenvalue weighted by Gasteiger charge is 2.20. The molecule has 25 heavy (non-hydrogen) atoms. The van der Waals surface area contributed by atoms with E-state index in [2.05, 4.69) is 43.3 Å². The fourth-order valence-corrected chi connectivity index (χ4v) is 2.99. The molecular formula is C22H19N3. The van der Waals surface area contributed by atoms with Crippen LogP contribution < -0.4 is 0 Å². The van der Waals surface area contributed by atoms with E-state index in [0.717, 1.165) is 22.6 Å². The van der Waals surface area contributed by atoms with Crippen molar-refractivity contribution in [3.05, 3.63) is 102 Å². The van der Waals surface area contributed by atoms with Crippen LogP contribution in [0.5, 0.6) is 0 Å². The van der Waals surface area contributed by atoms with Gasteiger partial charge in [-0.1, -0.05) is 85.8 Å². The molecular weight excluding hydrogens is 306 g/mol. The minimum Gasteiger partial charge on any atom is -0.152 e. The van der Waals surface area contributed by atoms with E-state index in [0.29, 0.717) is 0 Å². The van der Waals surface area contributed by atoms with Crippen LogP contribution in [0.3, 0.4) is 0 Å². The van der Waals surface area contributed by atoms with Crippen LogP contribution in [0, 0.1) is 0 Å². The molecule has 1 heterocycles. The molecule has 3 heteroatoms. The Morgan fingerprint density at radius 2 is 1.24 bits per heavy atom. The lowest BCUT2D eigenvalue weighted by Gasteiger charge is -2.10. The number of benzene rings is 3. The van der Waals surface area contributed by atoms with Crippen molar-refractivity contribution in [2.24, 2.45) is 0 Å². The van der Waals surface area contributed by atoms with Crippen molar-refractivity contribution in [2.75, 3.05) is 0 Å². The van der Waals surface area contributed by atoms with Crippen molar-refractivity contribution in [3.63, 3.8) is 0 Å². The van der Waals surface area contributed by atoms with Crippen LogP contribution >= 0.6 is 0 Å². The van der Waals surface area contributed by atoms with Crippen molar-refractivity contribution in [1.82, 2.24) is 15.0 Å². The summed E-state index contributed by atoms with van der Waals surface area (Å²) in [6.45, 7) is 2.18. The third-order valence-electron chi connectivity index (χ3n) is 4.38. The van der Waals surface area contributed by atoms with E-state index in [4.69, 9.17) is 10.2 Å². The Balaban J connectivity index is 1.85. The molecule has 1 atom stereocenters. The summed E-state index contributed by atoms with van der Waals surface area (Å²) in [7, 11) is 0. The molecule has 0 N–H and O–H groups in total. The number of rotatable bonds is 4. The van der Waals surface area contributed by atoms with Crippen molar-refractivity contribution in [2.45, 2.75) is 12.8 Å².